The van der Waals surface area contributed by atoms with Crippen LogP contribution in [0.1, 0.15) is 16.7 Å². The molecule has 0 atom stereocenters. The van der Waals surface area contributed by atoms with E-state index >= 15 is 0 Å². The quantitative estimate of drug-likeness (QED) is 0.456. The van der Waals surface area contributed by atoms with Crippen molar-refractivity contribution >= 4 is 35.5 Å². The number of nitrogens with one attached hydrogen (secondary N) is 1. The summed E-state index contributed by atoms with van der Waals surface area (Å²) in [7, 11) is 0. The molecule has 2 rings (SSSR count). The molecule has 0 bridgehead atoms. The molecule has 0 aliphatic heterocycles. The van der Waals surface area contributed by atoms with Crippen molar-refractivity contribution in [3.63, 3.8) is 0 Å². The Morgan fingerprint density at radius 1 is 1.28 bits per heavy atom. The molecule has 2 aromatic rings. The molecule has 0 unspecified atom stereocenters. The van der Waals surface area contributed by atoms with E-state index in [-0.39, 0.29) is 17.9 Å². The molecule has 25 heavy (non-hydrogen) atoms. The minimum Gasteiger partial charge on any atom is -0.273 e. The van der Waals surface area contributed by atoms with Crippen LogP contribution in [-0.2, 0) is 17.4 Å². The molecule has 0 aliphatic rings. The molecule has 0 aliphatic carbocycles. The lowest BCUT2D eigenvalue weighted by Crippen LogP contribution is -2.20. The zero-order valence-electron chi connectivity index (χ0n) is 13.1. The van der Waals surface area contributed by atoms with Gasteiger partial charge in [-0.15, -0.1) is 11.8 Å². The zero-order chi connectivity index (χ0) is 18.4. The summed E-state index contributed by atoms with van der Waals surface area (Å²) in [6.45, 7) is 0. The normalized spacial score (nSPS) is 11.7. The van der Waals surface area contributed by atoms with Crippen molar-refractivity contribution in [2.45, 2.75) is 17.5 Å². The van der Waals surface area contributed by atoms with Crippen molar-refractivity contribution in [1.82, 2.24) is 5.43 Å². The fourth-order valence-corrected chi connectivity index (χ4v) is 2.86. The molecular formula is C17H14ClF3N2OS. The van der Waals surface area contributed by atoms with E-state index in [1.54, 1.807) is 12.1 Å². The number of carbonyl (C=O) groups is 1. The van der Waals surface area contributed by atoms with Gasteiger partial charge >= 0.3 is 6.18 Å². The van der Waals surface area contributed by atoms with Crippen LogP contribution in [0.25, 0.3) is 0 Å². The minimum absolute atomic E-state index is 0.0661. The van der Waals surface area contributed by atoms with Gasteiger partial charge in [0.2, 0.25) is 5.91 Å². The van der Waals surface area contributed by atoms with Crippen molar-refractivity contribution in [1.29, 1.82) is 0 Å². The van der Waals surface area contributed by atoms with Crippen LogP contribution < -0.4 is 5.43 Å². The maximum atomic E-state index is 12.6. The molecule has 3 nitrogen and oxygen atoms in total. The monoisotopic (exact) mass is 386 g/mol. The maximum Gasteiger partial charge on any atom is 0.416 e. The zero-order valence-corrected chi connectivity index (χ0v) is 14.7. The number of rotatable bonds is 5. The first-order valence-electron chi connectivity index (χ1n) is 7.11. The van der Waals surface area contributed by atoms with Crippen molar-refractivity contribution in [2.75, 3.05) is 6.26 Å². The maximum absolute atomic E-state index is 12.6. The molecule has 0 heterocycles. The summed E-state index contributed by atoms with van der Waals surface area (Å²) in [5, 5.41) is 4.23. The average Bonchev–Trinajstić information content (AvgIpc) is 2.54. The Bertz CT molecular complexity index is 794. The SMILES string of the molecule is CSc1ccc(Cl)cc1CC(=O)N/N=C\c1cccc(C(F)(F)F)c1. The standard InChI is InChI=1S/C17H14ClF3N2OS/c1-25-15-6-5-14(18)8-12(15)9-16(24)23-22-10-11-3-2-4-13(7-11)17(19,20)21/h2-8,10H,9H2,1H3,(H,23,24)/b22-10-. The first-order chi connectivity index (χ1) is 11.8. The van der Waals surface area contributed by atoms with E-state index in [2.05, 4.69) is 10.5 Å². The van der Waals surface area contributed by atoms with Gasteiger partial charge in [0, 0.05) is 9.92 Å². The summed E-state index contributed by atoms with van der Waals surface area (Å²) >= 11 is 7.42. The summed E-state index contributed by atoms with van der Waals surface area (Å²) in [6.07, 6.45) is -1.30. The van der Waals surface area contributed by atoms with Crippen molar-refractivity contribution < 1.29 is 18.0 Å². The van der Waals surface area contributed by atoms with Gasteiger partial charge in [-0.3, -0.25) is 4.79 Å². The Kier molecular flexibility index (Phi) is 6.50. The summed E-state index contributed by atoms with van der Waals surface area (Å²) in [6, 6.07) is 9.93. The first kappa shape index (κ1) is 19.3. The van der Waals surface area contributed by atoms with Crippen molar-refractivity contribution in [3.8, 4) is 0 Å². The number of hydrogen-bond donors (Lipinski definition) is 1. The number of thioether (sulfide) groups is 1. The van der Waals surface area contributed by atoms with Crippen LogP contribution in [0, 0.1) is 0 Å². The van der Waals surface area contributed by atoms with Gasteiger partial charge < -0.3 is 0 Å². The van der Waals surface area contributed by atoms with Crippen LogP contribution in [-0.4, -0.2) is 18.4 Å². The lowest BCUT2D eigenvalue weighted by molar-refractivity contribution is -0.137. The van der Waals surface area contributed by atoms with E-state index in [1.807, 2.05) is 12.3 Å². The topological polar surface area (TPSA) is 41.5 Å². The second kappa shape index (κ2) is 8.40. The fraction of sp³-hybridized carbons (Fsp3) is 0.176. The molecule has 1 amide bonds. The van der Waals surface area contributed by atoms with Crippen LogP contribution in [0.3, 0.4) is 0 Å². The number of amides is 1. The van der Waals surface area contributed by atoms with Gasteiger partial charge in [0.15, 0.2) is 0 Å². The second-order valence-electron chi connectivity index (χ2n) is 5.05. The molecule has 0 saturated heterocycles. The van der Waals surface area contributed by atoms with Gasteiger partial charge in [-0.25, -0.2) is 5.43 Å². The molecule has 132 valence electrons. The number of halogens is 4. The smallest absolute Gasteiger partial charge is 0.273 e. The second-order valence-corrected chi connectivity index (χ2v) is 6.33. The van der Waals surface area contributed by atoms with Crippen LogP contribution in [0.2, 0.25) is 5.02 Å². The van der Waals surface area contributed by atoms with E-state index in [1.165, 1.54) is 30.1 Å². The Morgan fingerprint density at radius 2 is 2.04 bits per heavy atom. The molecule has 0 aromatic heterocycles. The van der Waals surface area contributed by atoms with Gasteiger partial charge in [0.25, 0.3) is 0 Å². The summed E-state index contributed by atoms with van der Waals surface area (Å²) in [4.78, 5) is 12.9. The molecule has 0 spiro atoms. The van der Waals surface area contributed by atoms with Gasteiger partial charge in [-0.1, -0.05) is 23.7 Å². The number of hydrogen-bond acceptors (Lipinski definition) is 3. The summed E-state index contributed by atoms with van der Waals surface area (Å²) in [5.41, 5.74) is 2.53. The van der Waals surface area contributed by atoms with E-state index in [0.717, 1.165) is 22.6 Å². The van der Waals surface area contributed by atoms with E-state index in [4.69, 9.17) is 11.6 Å². The predicted molar refractivity (Wildman–Crippen MR) is 94.1 cm³/mol. The Balaban J connectivity index is 2.01. The van der Waals surface area contributed by atoms with E-state index in [0.29, 0.717) is 5.02 Å². The lowest BCUT2D eigenvalue weighted by atomic mass is 10.1. The first-order valence-corrected chi connectivity index (χ1v) is 8.71. The third-order valence-electron chi connectivity index (χ3n) is 3.21. The lowest BCUT2D eigenvalue weighted by Gasteiger charge is -2.07. The van der Waals surface area contributed by atoms with Crippen LogP contribution in [0.15, 0.2) is 52.5 Å². The van der Waals surface area contributed by atoms with E-state index in [9.17, 15) is 18.0 Å². The largest absolute Gasteiger partial charge is 0.416 e. The summed E-state index contributed by atoms with van der Waals surface area (Å²) in [5.74, 6) is -0.388. The molecule has 0 fully saturated rings. The Morgan fingerprint density at radius 3 is 2.72 bits per heavy atom. The molecule has 0 radical (unpaired) electrons. The number of carbonyl (C=O) groups excluding carboxylic acids is 1. The highest BCUT2D eigenvalue weighted by molar-refractivity contribution is 7.98. The highest BCUT2D eigenvalue weighted by Gasteiger charge is 2.30. The van der Waals surface area contributed by atoms with Crippen LogP contribution in [0.5, 0.6) is 0 Å². The highest BCUT2D eigenvalue weighted by Crippen LogP contribution is 2.29. The number of alkyl halides is 3. The molecular weight excluding hydrogens is 373 g/mol. The number of hydrazone groups is 1. The van der Waals surface area contributed by atoms with Crippen LogP contribution >= 0.6 is 23.4 Å². The Labute approximate surface area is 152 Å². The third-order valence-corrected chi connectivity index (χ3v) is 4.28. The Hall–Kier alpha value is -1.99. The van der Waals surface area contributed by atoms with Gasteiger partial charge in [0.1, 0.15) is 0 Å². The minimum atomic E-state index is -4.42. The molecule has 2 aromatic carbocycles. The van der Waals surface area contributed by atoms with Crippen molar-refractivity contribution in [3.05, 3.63) is 64.2 Å². The van der Waals surface area contributed by atoms with Crippen LogP contribution in [0.4, 0.5) is 13.2 Å². The fourth-order valence-electron chi connectivity index (χ4n) is 2.07. The van der Waals surface area contributed by atoms with Gasteiger partial charge in [0.05, 0.1) is 18.2 Å². The third kappa shape index (κ3) is 5.79. The molecule has 8 heteroatoms. The summed E-state index contributed by atoms with van der Waals surface area (Å²) < 4.78 is 37.9. The number of nitrogens with zero attached hydrogens (tertiary/aromatic N) is 1. The van der Waals surface area contributed by atoms with E-state index < -0.39 is 11.7 Å². The highest BCUT2D eigenvalue weighted by atomic mass is 35.5. The molecule has 0 saturated carbocycles. The number of benzene rings is 2. The average molecular weight is 387 g/mol. The van der Waals surface area contributed by atoms with Gasteiger partial charge in [-0.2, -0.15) is 18.3 Å². The van der Waals surface area contributed by atoms with Crippen molar-refractivity contribution in [2.24, 2.45) is 5.10 Å². The van der Waals surface area contributed by atoms with Gasteiger partial charge in [-0.05, 0) is 47.7 Å². The molecule has 1 N–H and O–H groups in total. The predicted octanol–water partition coefficient (Wildman–Crippen LogP) is 4.77.